The van der Waals surface area contributed by atoms with Gasteiger partial charge in [-0.1, -0.05) is 30.5 Å². The third-order valence-corrected chi connectivity index (χ3v) is 9.31. The predicted molar refractivity (Wildman–Crippen MR) is 161 cm³/mol. The number of nitrogens with one attached hydrogen (secondary N) is 3. The van der Waals surface area contributed by atoms with E-state index in [0.717, 1.165) is 25.7 Å². The third-order valence-electron chi connectivity index (χ3n) is 7.79. The van der Waals surface area contributed by atoms with Crippen LogP contribution in [-0.2, 0) is 10.0 Å². The lowest BCUT2D eigenvalue weighted by Gasteiger charge is -2.20. The average Bonchev–Trinajstić information content (AvgIpc) is 3.71. The maximum Gasteiger partial charge on any atom is 0.281 e. The molecule has 2 aliphatic rings. The second kappa shape index (κ2) is 13.0. The van der Waals surface area contributed by atoms with Crippen LogP contribution >= 0.6 is 11.6 Å². The SMILES string of the molecule is CC1(C)CCC(CCCNc2cccc(S(=O)(=O)NC(=O)c3ccc(-n4ccc(OCC5CCCC5)n4)nc3Cl)n2)N1. The van der Waals surface area contributed by atoms with Gasteiger partial charge in [-0.15, -0.1) is 5.10 Å². The lowest BCUT2D eigenvalue weighted by Crippen LogP contribution is -2.37. The fourth-order valence-corrected chi connectivity index (χ4v) is 6.69. The molecule has 1 amide bonds. The van der Waals surface area contributed by atoms with Gasteiger partial charge in [-0.05, 0) is 82.6 Å². The lowest BCUT2D eigenvalue weighted by molar-refractivity contribution is 0.0981. The van der Waals surface area contributed by atoms with Gasteiger partial charge in [-0.25, -0.2) is 19.4 Å². The topological polar surface area (TPSA) is 140 Å². The second-order valence-electron chi connectivity index (χ2n) is 11.7. The minimum Gasteiger partial charge on any atom is -0.476 e. The lowest BCUT2D eigenvalue weighted by atomic mass is 10.0. The largest absolute Gasteiger partial charge is 0.476 e. The molecular formula is C29H38ClN7O4S. The molecule has 226 valence electrons. The summed E-state index contributed by atoms with van der Waals surface area (Å²) in [5, 5.41) is 10.8. The number of nitrogens with zero attached hydrogens (tertiary/aromatic N) is 4. The summed E-state index contributed by atoms with van der Waals surface area (Å²) in [5.41, 5.74) is 0.0919. The van der Waals surface area contributed by atoms with Crippen LogP contribution in [0.5, 0.6) is 5.88 Å². The first-order chi connectivity index (χ1) is 20.1. The summed E-state index contributed by atoms with van der Waals surface area (Å²) in [4.78, 5) is 21.3. The number of hydrogen-bond acceptors (Lipinski definition) is 9. The van der Waals surface area contributed by atoms with Gasteiger partial charge in [0, 0.05) is 30.4 Å². The Morgan fingerprint density at radius 3 is 2.69 bits per heavy atom. The van der Waals surface area contributed by atoms with Gasteiger partial charge in [0.1, 0.15) is 11.0 Å². The van der Waals surface area contributed by atoms with Gasteiger partial charge in [0.15, 0.2) is 10.8 Å². The van der Waals surface area contributed by atoms with Crippen molar-refractivity contribution in [3.8, 4) is 11.7 Å². The van der Waals surface area contributed by atoms with Crippen molar-refractivity contribution in [3.05, 3.63) is 53.3 Å². The zero-order valence-corrected chi connectivity index (χ0v) is 25.5. The first kappa shape index (κ1) is 30.2. The van der Waals surface area contributed by atoms with Gasteiger partial charge in [0.05, 0.1) is 12.2 Å². The van der Waals surface area contributed by atoms with E-state index in [0.29, 0.717) is 42.6 Å². The normalized spacial score (nSPS) is 18.7. The van der Waals surface area contributed by atoms with Gasteiger partial charge < -0.3 is 15.4 Å². The van der Waals surface area contributed by atoms with Crippen molar-refractivity contribution < 1.29 is 17.9 Å². The molecule has 0 spiro atoms. The number of carbonyl (C=O) groups is 1. The van der Waals surface area contributed by atoms with Crippen LogP contribution in [0.4, 0.5) is 5.82 Å². The van der Waals surface area contributed by atoms with Crippen LogP contribution < -0.4 is 20.1 Å². The molecule has 42 heavy (non-hydrogen) atoms. The molecular weight excluding hydrogens is 578 g/mol. The van der Waals surface area contributed by atoms with E-state index in [1.54, 1.807) is 24.4 Å². The fraction of sp³-hybridized carbons (Fsp3) is 0.517. The number of carbonyl (C=O) groups excluding carboxylic acids is 1. The molecule has 13 heteroatoms. The Kier molecular flexibility index (Phi) is 9.34. The maximum atomic E-state index is 13.0. The van der Waals surface area contributed by atoms with E-state index in [2.05, 4.69) is 39.5 Å². The number of aromatic nitrogens is 4. The summed E-state index contributed by atoms with van der Waals surface area (Å²) in [5.74, 6) is 0.907. The summed E-state index contributed by atoms with van der Waals surface area (Å²) in [6.45, 7) is 5.70. The highest BCUT2D eigenvalue weighted by Gasteiger charge is 2.29. The van der Waals surface area contributed by atoms with Crippen LogP contribution in [0.2, 0.25) is 5.15 Å². The van der Waals surface area contributed by atoms with Crippen molar-refractivity contribution in [1.29, 1.82) is 0 Å². The number of sulfonamides is 1. The first-order valence-corrected chi connectivity index (χ1v) is 16.4. The highest BCUT2D eigenvalue weighted by Crippen LogP contribution is 2.26. The molecule has 3 aromatic heterocycles. The molecule has 11 nitrogen and oxygen atoms in total. The fourth-order valence-electron chi connectivity index (χ4n) is 5.52. The molecule has 1 atom stereocenters. The summed E-state index contributed by atoms with van der Waals surface area (Å²) < 4.78 is 35.3. The highest BCUT2D eigenvalue weighted by atomic mass is 35.5. The molecule has 1 unspecified atom stereocenters. The van der Waals surface area contributed by atoms with E-state index in [1.165, 1.54) is 48.6 Å². The van der Waals surface area contributed by atoms with Crippen molar-refractivity contribution in [2.75, 3.05) is 18.5 Å². The molecule has 3 N–H and O–H groups in total. The van der Waals surface area contributed by atoms with E-state index in [1.807, 2.05) is 4.72 Å². The number of pyridine rings is 2. The Hall–Kier alpha value is -3.22. The second-order valence-corrected chi connectivity index (χ2v) is 13.7. The molecule has 3 aromatic rings. The molecule has 2 fully saturated rings. The van der Waals surface area contributed by atoms with Crippen LogP contribution in [-0.4, -0.2) is 58.8 Å². The van der Waals surface area contributed by atoms with E-state index in [4.69, 9.17) is 16.3 Å². The molecule has 1 saturated carbocycles. The Bertz CT molecular complexity index is 1510. The van der Waals surface area contributed by atoms with E-state index >= 15 is 0 Å². The Morgan fingerprint density at radius 2 is 1.95 bits per heavy atom. The van der Waals surface area contributed by atoms with Crippen molar-refractivity contribution in [2.24, 2.45) is 5.92 Å². The Labute approximate surface area is 251 Å². The summed E-state index contributed by atoms with van der Waals surface area (Å²) in [6, 6.07) is 9.77. The maximum absolute atomic E-state index is 13.0. The average molecular weight is 616 g/mol. The van der Waals surface area contributed by atoms with Crippen molar-refractivity contribution in [2.45, 2.75) is 81.8 Å². The number of rotatable bonds is 12. The van der Waals surface area contributed by atoms with Gasteiger partial charge in [0.25, 0.3) is 15.9 Å². The number of hydrogen-bond donors (Lipinski definition) is 3. The quantitative estimate of drug-likeness (QED) is 0.195. The first-order valence-electron chi connectivity index (χ1n) is 14.5. The minimum absolute atomic E-state index is 0.0909. The Morgan fingerprint density at radius 1 is 1.14 bits per heavy atom. The summed E-state index contributed by atoms with van der Waals surface area (Å²) >= 11 is 6.29. The molecule has 1 aliphatic heterocycles. The van der Waals surface area contributed by atoms with Gasteiger partial charge in [-0.2, -0.15) is 8.42 Å². The predicted octanol–water partition coefficient (Wildman–Crippen LogP) is 4.73. The number of ether oxygens (including phenoxy) is 1. The molecule has 1 aliphatic carbocycles. The molecule has 4 heterocycles. The standard InChI is InChI=1S/C29H38ClN7O4S/c1-29(2)16-14-21(34-29)9-6-17-31-23-10-5-11-26(32-23)42(39,40)36-28(38)22-12-13-24(33-27(22)30)37-18-15-25(35-37)41-19-20-7-3-4-8-20/h5,10-13,15,18,20-21,34H,3-4,6-9,14,16-17,19H2,1-2H3,(H,31,32)(H,36,38). The smallest absolute Gasteiger partial charge is 0.281 e. The number of anilines is 1. The molecule has 0 radical (unpaired) electrons. The van der Waals surface area contributed by atoms with Gasteiger partial charge in [-0.3, -0.25) is 4.79 Å². The van der Waals surface area contributed by atoms with Gasteiger partial charge in [0.2, 0.25) is 5.88 Å². The van der Waals surface area contributed by atoms with E-state index in [-0.39, 0.29) is 21.3 Å². The van der Waals surface area contributed by atoms with Crippen molar-refractivity contribution in [1.82, 2.24) is 29.8 Å². The molecule has 0 aromatic carbocycles. The molecule has 0 bridgehead atoms. The van der Waals surface area contributed by atoms with Crippen LogP contribution in [0.1, 0.15) is 75.6 Å². The number of halogens is 1. The zero-order valence-electron chi connectivity index (χ0n) is 24.0. The zero-order chi connectivity index (χ0) is 29.7. The molecule has 5 rings (SSSR count). The highest BCUT2D eigenvalue weighted by molar-refractivity contribution is 7.90. The summed E-state index contributed by atoms with van der Waals surface area (Å²) in [7, 11) is -4.26. The van der Waals surface area contributed by atoms with Crippen LogP contribution in [0, 0.1) is 5.92 Å². The molecule has 1 saturated heterocycles. The van der Waals surface area contributed by atoms with E-state index in [9.17, 15) is 13.2 Å². The van der Waals surface area contributed by atoms with Crippen LogP contribution in [0.25, 0.3) is 5.82 Å². The summed E-state index contributed by atoms with van der Waals surface area (Å²) in [6.07, 6.45) is 10.8. The third kappa shape index (κ3) is 7.78. The van der Waals surface area contributed by atoms with Crippen LogP contribution in [0.3, 0.4) is 0 Å². The van der Waals surface area contributed by atoms with E-state index < -0.39 is 15.9 Å². The van der Waals surface area contributed by atoms with Crippen molar-refractivity contribution >= 4 is 33.3 Å². The van der Waals surface area contributed by atoms with Gasteiger partial charge >= 0.3 is 0 Å². The number of amides is 1. The Balaban J connectivity index is 1.15. The van der Waals surface area contributed by atoms with Crippen molar-refractivity contribution in [3.63, 3.8) is 0 Å². The monoisotopic (exact) mass is 615 g/mol. The van der Waals surface area contributed by atoms with Crippen LogP contribution in [0.15, 0.2) is 47.6 Å². The minimum atomic E-state index is -4.26.